The Morgan fingerprint density at radius 2 is 1.12 bits per heavy atom. The zero-order chi connectivity index (χ0) is 11.4. The molecule has 0 heterocycles. The Morgan fingerprint density at radius 3 is 1.47 bits per heavy atom. The van der Waals surface area contributed by atoms with Crippen LogP contribution in [-0.2, 0) is 5.48 Å². The SMILES string of the molecule is CCCCCCCCCCCCC(C)N.[Na].[O]. The van der Waals surface area contributed by atoms with Crippen LogP contribution in [0, 0.1) is 0 Å². The van der Waals surface area contributed by atoms with Crippen LogP contribution in [0.15, 0.2) is 0 Å². The van der Waals surface area contributed by atoms with Crippen LogP contribution >= 0.6 is 0 Å². The maximum absolute atomic E-state index is 5.70. The van der Waals surface area contributed by atoms with E-state index < -0.39 is 0 Å². The third kappa shape index (κ3) is 22.6. The number of nitrogens with two attached hydrogens (primary N) is 1. The molecule has 1 atom stereocenters. The van der Waals surface area contributed by atoms with Gasteiger partial charge >= 0.3 is 0 Å². The summed E-state index contributed by atoms with van der Waals surface area (Å²) in [7, 11) is 0. The summed E-state index contributed by atoms with van der Waals surface area (Å²) < 4.78 is 0. The van der Waals surface area contributed by atoms with E-state index in [0.29, 0.717) is 6.04 Å². The normalized spacial score (nSPS) is 11.5. The molecule has 0 fully saturated rings. The van der Waals surface area contributed by atoms with Gasteiger partial charge in [0.25, 0.3) is 0 Å². The summed E-state index contributed by atoms with van der Waals surface area (Å²) in [5.74, 6) is 0. The first kappa shape index (κ1) is 23.0. The van der Waals surface area contributed by atoms with Crippen molar-refractivity contribution in [3.05, 3.63) is 0 Å². The van der Waals surface area contributed by atoms with Crippen LogP contribution in [0.2, 0.25) is 0 Å². The molecule has 2 N–H and O–H groups in total. The van der Waals surface area contributed by atoms with Gasteiger partial charge < -0.3 is 5.73 Å². The zero-order valence-electron chi connectivity index (χ0n) is 12.3. The summed E-state index contributed by atoms with van der Waals surface area (Å²) in [4.78, 5) is 0. The van der Waals surface area contributed by atoms with E-state index in [1.165, 1.54) is 70.6 Å². The molecule has 0 aromatic heterocycles. The number of rotatable bonds is 11. The molecule has 1 unspecified atom stereocenters. The largest absolute Gasteiger partial charge is 0.328 e. The van der Waals surface area contributed by atoms with E-state index in [9.17, 15) is 0 Å². The van der Waals surface area contributed by atoms with Crippen molar-refractivity contribution in [3.8, 4) is 0 Å². The van der Waals surface area contributed by atoms with Gasteiger partial charge in [-0.15, -0.1) is 0 Å². The van der Waals surface area contributed by atoms with E-state index in [-0.39, 0.29) is 35.0 Å². The molecule has 17 heavy (non-hydrogen) atoms. The molecule has 3 radical (unpaired) electrons. The van der Waals surface area contributed by atoms with Crippen molar-refractivity contribution in [1.29, 1.82) is 0 Å². The molecule has 0 aromatic rings. The van der Waals surface area contributed by atoms with Gasteiger partial charge in [-0.2, -0.15) is 0 Å². The van der Waals surface area contributed by atoms with Crippen LogP contribution in [0.4, 0.5) is 0 Å². The Morgan fingerprint density at radius 1 is 0.765 bits per heavy atom. The van der Waals surface area contributed by atoms with Gasteiger partial charge in [-0.3, -0.25) is 0 Å². The molecule has 2 nitrogen and oxygen atoms in total. The molecule has 0 saturated heterocycles. The van der Waals surface area contributed by atoms with Crippen molar-refractivity contribution in [1.82, 2.24) is 0 Å². The molecular weight excluding hydrogens is 221 g/mol. The predicted molar refractivity (Wildman–Crippen MR) is 76.6 cm³/mol. The van der Waals surface area contributed by atoms with Gasteiger partial charge in [-0.1, -0.05) is 71.1 Å². The molecule has 0 bridgehead atoms. The van der Waals surface area contributed by atoms with E-state index >= 15 is 0 Å². The molecule has 0 rings (SSSR count). The fourth-order valence-corrected chi connectivity index (χ4v) is 1.95. The van der Waals surface area contributed by atoms with Gasteiger partial charge in [0.05, 0.1) is 0 Å². The van der Waals surface area contributed by atoms with Crippen molar-refractivity contribution < 1.29 is 5.48 Å². The summed E-state index contributed by atoms with van der Waals surface area (Å²) in [5, 5.41) is 0. The minimum absolute atomic E-state index is 0. The molecule has 0 aliphatic rings. The van der Waals surface area contributed by atoms with Crippen molar-refractivity contribution in [2.45, 2.75) is 90.5 Å². The minimum Gasteiger partial charge on any atom is -0.328 e. The van der Waals surface area contributed by atoms with E-state index in [2.05, 4.69) is 13.8 Å². The number of hydrogen-bond donors (Lipinski definition) is 1. The summed E-state index contributed by atoms with van der Waals surface area (Å²) in [5.41, 5.74) is 5.70. The molecule has 0 amide bonds. The minimum atomic E-state index is 0. The fourth-order valence-electron chi connectivity index (χ4n) is 1.95. The van der Waals surface area contributed by atoms with Gasteiger partial charge in [0.2, 0.25) is 0 Å². The topological polar surface area (TPSA) is 54.5 Å². The third-order valence-electron chi connectivity index (χ3n) is 3.01. The Kier molecular flexibility index (Phi) is 26.1. The molecule has 0 spiro atoms. The van der Waals surface area contributed by atoms with Gasteiger partial charge in [0.15, 0.2) is 0 Å². The standard InChI is InChI=1S/C14H31N.Na.O/c1-3-4-5-6-7-8-9-10-11-12-13-14(2)15;;/h14H,3-13,15H2,1-2H3;;. The molecule has 0 aliphatic carbocycles. The van der Waals surface area contributed by atoms with Crippen molar-refractivity contribution in [2.75, 3.05) is 0 Å². The van der Waals surface area contributed by atoms with Crippen LogP contribution in [-0.4, -0.2) is 35.6 Å². The van der Waals surface area contributed by atoms with Crippen LogP contribution < -0.4 is 5.73 Å². The van der Waals surface area contributed by atoms with Crippen LogP contribution in [0.3, 0.4) is 0 Å². The average Bonchev–Trinajstić information content (AvgIpc) is 2.20. The van der Waals surface area contributed by atoms with Crippen LogP contribution in [0.5, 0.6) is 0 Å². The van der Waals surface area contributed by atoms with Gasteiger partial charge in [-0.25, -0.2) is 0 Å². The summed E-state index contributed by atoms with van der Waals surface area (Å²) in [6.45, 7) is 4.38. The number of unbranched alkanes of at least 4 members (excludes halogenated alkanes) is 9. The third-order valence-corrected chi connectivity index (χ3v) is 3.01. The maximum atomic E-state index is 5.70. The van der Waals surface area contributed by atoms with Crippen molar-refractivity contribution in [2.24, 2.45) is 5.73 Å². The first-order valence-electron chi connectivity index (χ1n) is 7.03. The van der Waals surface area contributed by atoms with Crippen LogP contribution in [0.25, 0.3) is 0 Å². The van der Waals surface area contributed by atoms with Gasteiger partial charge in [-0.05, 0) is 13.3 Å². The quantitative estimate of drug-likeness (QED) is 0.436. The van der Waals surface area contributed by atoms with Gasteiger partial charge in [0, 0.05) is 41.1 Å². The first-order chi connectivity index (χ1) is 7.27. The van der Waals surface area contributed by atoms with Gasteiger partial charge in [0.1, 0.15) is 0 Å². The molecule has 0 aliphatic heterocycles. The smallest absolute Gasteiger partial charge is 0.00104 e. The summed E-state index contributed by atoms with van der Waals surface area (Å²) in [6.07, 6.45) is 15.3. The summed E-state index contributed by atoms with van der Waals surface area (Å²) in [6, 6.07) is 0.402. The van der Waals surface area contributed by atoms with E-state index in [1.807, 2.05) is 0 Å². The second-order valence-corrected chi connectivity index (χ2v) is 4.95. The Balaban J connectivity index is -0.000000980. The molecule has 0 aromatic carbocycles. The first-order valence-corrected chi connectivity index (χ1v) is 7.03. The average molecular weight is 252 g/mol. The van der Waals surface area contributed by atoms with Crippen molar-refractivity contribution in [3.63, 3.8) is 0 Å². The molecule has 99 valence electrons. The molecule has 3 heteroatoms. The Bertz CT molecular complexity index is 121. The molecule has 0 saturated carbocycles. The second-order valence-electron chi connectivity index (χ2n) is 4.95. The number of hydrogen-bond acceptors (Lipinski definition) is 1. The van der Waals surface area contributed by atoms with Crippen molar-refractivity contribution >= 4 is 29.6 Å². The Hall–Kier alpha value is 0.920. The fraction of sp³-hybridized carbons (Fsp3) is 1.00. The monoisotopic (exact) mass is 252 g/mol. The van der Waals surface area contributed by atoms with E-state index in [0.717, 1.165) is 0 Å². The van der Waals surface area contributed by atoms with E-state index in [1.54, 1.807) is 0 Å². The molecular formula is C14H31NNaO. The maximum Gasteiger partial charge on any atom is 0.00104 e. The Labute approximate surface area is 131 Å². The zero-order valence-corrected chi connectivity index (χ0v) is 14.3. The summed E-state index contributed by atoms with van der Waals surface area (Å²) >= 11 is 0. The predicted octanol–water partition coefficient (Wildman–Crippen LogP) is 4.15. The second kappa shape index (κ2) is 19.3. The van der Waals surface area contributed by atoms with Crippen LogP contribution in [0.1, 0.15) is 84.5 Å². The van der Waals surface area contributed by atoms with E-state index in [4.69, 9.17) is 5.73 Å².